The predicted molar refractivity (Wildman–Crippen MR) is 66.1 cm³/mol. The topological polar surface area (TPSA) is 75.4 Å². The molecule has 16 heavy (non-hydrogen) atoms. The second-order valence-corrected chi connectivity index (χ2v) is 3.61. The van der Waals surface area contributed by atoms with Gasteiger partial charge in [0.1, 0.15) is 5.75 Å². The van der Waals surface area contributed by atoms with Crippen LogP contribution in [-0.2, 0) is 6.42 Å². The van der Waals surface area contributed by atoms with Gasteiger partial charge in [0.25, 0.3) is 5.91 Å². The number of aromatic hydroxyl groups is 1. The molecule has 1 amide bonds. The zero-order valence-electron chi connectivity index (χ0n) is 9.36. The van der Waals surface area contributed by atoms with Gasteiger partial charge in [-0.25, -0.2) is 0 Å². The van der Waals surface area contributed by atoms with Crippen LogP contribution in [0.15, 0.2) is 18.2 Å². The molecule has 1 aromatic rings. The van der Waals surface area contributed by atoms with E-state index < -0.39 is 0 Å². The monoisotopic (exact) mass is 244 g/mol. The number of phenols is 1. The second-order valence-electron chi connectivity index (χ2n) is 3.61. The summed E-state index contributed by atoms with van der Waals surface area (Å²) < 4.78 is 0. The number of carbonyl (C=O) groups excluding carboxylic acids is 1. The van der Waals surface area contributed by atoms with Gasteiger partial charge in [0.2, 0.25) is 0 Å². The Morgan fingerprint density at radius 2 is 2.19 bits per heavy atom. The number of phenolic OH excluding ortho intramolecular Hbond substituents is 1. The largest absolute Gasteiger partial charge is 0.507 e. The van der Waals surface area contributed by atoms with Crippen LogP contribution in [0.5, 0.6) is 5.75 Å². The molecule has 4 nitrogen and oxygen atoms in total. The number of hydrogen-bond donors (Lipinski definition) is 3. The minimum Gasteiger partial charge on any atom is -0.507 e. The Bertz CT molecular complexity index is 367. The maximum absolute atomic E-state index is 11.4. The van der Waals surface area contributed by atoms with Gasteiger partial charge in [0, 0.05) is 13.1 Å². The molecule has 0 spiro atoms. The summed E-state index contributed by atoms with van der Waals surface area (Å²) in [4.78, 5) is 11.4. The van der Waals surface area contributed by atoms with Gasteiger partial charge in [0.15, 0.2) is 0 Å². The number of rotatable bonds is 3. The van der Waals surface area contributed by atoms with Crippen LogP contribution in [0.2, 0.25) is 0 Å². The molecule has 0 bridgehead atoms. The first-order chi connectivity index (χ1) is 7.04. The molecule has 0 heterocycles. The highest BCUT2D eigenvalue weighted by atomic mass is 35.5. The van der Waals surface area contributed by atoms with Crippen LogP contribution in [0.1, 0.15) is 22.8 Å². The normalized spacial score (nSPS) is 11.4. The Hall–Kier alpha value is -1.26. The molecule has 0 saturated heterocycles. The smallest absolute Gasteiger partial charge is 0.254 e. The average Bonchev–Trinajstić information content (AvgIpc) is 2.19. The lowest BCUT2D eigenvalue weighted by Crippen LogP contribution is -2.20. The number of hydrogen-bond acceptors (Lipinski definition) is 3. The molecule has 0 radical (unpaired) electrons. The van der Waals surface area contributed by atoms with Crippen LogP contribution in [-0.4, -0.2) is 24.1 Å². The zero-order chi connectivity index (χ0) is 11.4. The third kappa shape index (κ3) is 3.72. The molecule has 1 aromatic carbocycles. The van der Waals surface area contributed by atoms with Crippen LogP contribution in [0.4, 0.5) is 0 Å². The number of nitrogens with one attached hydrogen (secondary N) is 1. The van der Waals surface area contributed by atoms with Gasteiger partial charge in [-0.05, 0) is 31.0 Å². The van der Waals surface area contributed by atoms with Crippen LogP contribution in [0.3, 0.4) is 0 Å². The highest BCUT2D eigenvalue weighted by Crippen LogP contribution is 2.18. The molecule has 0 aliphatic rings. The van der Waals surface area contributed by atoms with Crippen LogP contribution >= 0.6 is 12.4 Å². The van der Waals surface area contributed by atoms with E-state index in [1.807, 2.05) is 6.92 Å². The van der Waals surface area contributed by atoms with E-state index in [2.05, 4.69) is 5.32 Å². The van der Waals surface area contributed by atoms with E-state index in [-0.39, 0.29) is 35.7 Å². The summed E-state index contributed by atoms with van der Waals surface area (Å²) in [5, 5.41) is 12.0. The lowest BCUT2D eigenvalue weighted by Gasteiger charge is -2.08. The lowest BCUT2D eigenvalue weighted by atomic mass is 10.0. The number of amides is 1. The minimum absolute atomic E-state index is 0. The molecule has 90 valence electrons. The summed E-state index contributed by atoms with van der Waals surface area (Å²) in [7, 11) is 1.53. The molecule has 4 N–H and O–H groups in total. The number of halogens is 1. The van der Waals surface area contributed by atoms with Crippen molar-refractivity contribution in [1.29, 1.82) is 0 Å². The fourth-order valence-electron chi connectivity index (χ4n) is 1.40. The fourth-order valence-corrected chi connectivity index (χ4v) is 1.40. The molecule has 5 heteroatoms. The van der Waals surface area contributed by atoms with Crippen molar-refractivity contribution in [2.24, 2.45) is 5.73 Å². The van der Waals surface area contributed by atoms with E-state index in [0.29, 0.717) is 6.42 Å². The van der Waals surface area contributed by atoms with Crippen molar-refractivity contribution >= 4 is 18.3 Å². The Labute approximate surface area is 101 Å². The van der Waals surface area contributed by atoms with Gasteiger partial charge in [-0.2, -0.15) is 0 Å². The quantitative estimate of drug-likeness (QED) is 0.744. The van der Waals surface area contributed by atoms with Crippen molar-refractivity contribution in [3.63, 3.8) is 0 Å². The fraction of sp³-hybridized carbons (Fsp3) is 0.364. The Morgan fingerprint density at radius 1 is 1.56 bits per heavy atom. The van der Waals surface area contributed by atoms with Crippen molar-refractivity contribution in [3.05, 3.63) is 29.3 Å². The summed E-state index contributed by atoms with van der Waals surface area (Å²) in [6, 6.07) is 4.98. The lowest BCUT2D eigenvalue weighted by molar-refractivity contribution is 0.0960. The van der Waals surface area contributed by atoms with Gasteiger partial charge < -0.3 is 16.2 Å². The predicted octanol–water partition coefficient (Wildman–Crippen LogP) is 1.06. The first-order valence-corrected chi connectivity index (χ1v) is 4.84. The van der Waals surface area contributed by atoms with Crippen molar-refractivity contribution in [2.75, 3.05) is 7.05 Å². The van der Waals surface area contributed by atoms with Crippen molar-refractivity contribution in [2.45, 2.75) is 19.4 Å². The van der Waals surface area contributed by atoms with Crippen LogP contribution < -0.4 is 11.1 Å². The SMILES string of the molecule is CNC(=O)c1cc(C[C@H](C)N)ccc1O.Cl. The molecule has 0 aliphatic carbocycles. The van der Waals surface area contributed by atoms with E-state index in [9.17, 15) is 9.90 Å². The van der Waals surface area contributed by atoms with Crippen LogP contribution in [0.25, 0.3) is 0 Å². The molecular weight excluding hydrogens is 228 g/mol. The summed E-state index contributed by atoms with van der Waals surface area (Å²) >= 11 is 0. The standard InChI is InChI=1S/C11H16N2O2.ClH/c1-7(12)5-8-3-4-10(14)9(6-8)11(15)13-2;/h3-4,6-7,14H,5,12H2,1-2H3,(H,13,15);1H/t7-;/m0./s1. The Kier molecular flexibility index (Phi) is 5.85. The Balaban J connectivity index is 0.00000225. The first kappa shape index (κ1) is 14.7. The molecule has 1 rings (SSSR count). The maximum Gasteiger partial charge on any atom is 0.254 e. The van der Waals surface area contributed by atoms with Gasteiger partial charge in [-0.1, -0.05) is 6.07 Å². The zero-order valence-corrected chi connectivity index (χ0v) is 10.2. The Morgan fingerprint density at radius 3 is 2.69 bits per heavy atom. The van der Waals surface area contributed by atoms with E-state index in [1.54, 1.807) is 12.1 Å². The highest BCUT2D eigenvalue weighted by Gasteiger charge is 2.10. The number of carbonyl (C=O) groups is 1. The molecule has 0 aliphatic heterocycles. The summed E-state index contributed by atoms with van der Waals surface area (Å²) in [5.41, 5.74) is 6.89. The van der Waals surface area contributed by atoms with E-state index in [4.69, 9.17) is 5.73 Å². The number of nitrogens with two attached hydrogens (primary N) is 1. The van der Waals surface area contributed by atoms with Crippen molar-refractivity contribution < 1.29 is 9.90 Å². The molecule has 0 saturated carbocycles. The van der Waals surface area contributed by atoms with E-state index in [0.717, 1.165) is 5.56 Å². The van der Waals surface area contributed by atoms with Crippen molar-refractivity contribution in [1.82, 2.24) is 5.32 Å². The molecule has 0 aromatic heterocycles. The summed E-state index contributed by atoms with van der Waals surface area (Å²) in [6.45, 7) is 1.90. The molecule has 1 atom stereocenters. The van der Waals surface area contributed by atoms with Gasteiger partial charge in [-0.3, -0.25) is 4.79 Å². The maximum atomic E-state index is 11.4. The van der Waals surface area contributed by atoms with Crippen molar-refractivity contribution in [3.8, 4) is 5.75 Å². The third-order valence-electron chi connectivity index (χ3n) is 2.09. The second kappa shape index (κ2) is 6.35. The highest BCUT2D eigenvalue weighted by molar-refractivity contribution is 5.96. The third-order valence-corrected chi connectivity index (χ3v) is 2.09. The average molecular weight is 245 g/mol. The van der Waals surface area contributed by atoms with Gasteiger partial charge in [-0.15, -0.1) is 12.4 Å². The number of benzene rings is 1. The first-order valence-electron chi connectivity index (χ1n) is 4.84. The van der Waals surface area contributed by atoms with Crippen LogP contribution in [0, 0.1) is 0 Å². The molecule has 0 fully saturated rings. The van der Waals surface area contributed by atoms with Gasteiger partial charge in [0.05, 0.1) is 5.56 Å². The molecular formula is C11H17ClN2O2. The van der Waals surface area contributed by atoms with E-state index >= 15 is 0 Å². The summed E-state index contributed by atoms with van der Waals surface area (Å²) in [6.07, 6.45) is 0.685. The van der Waals surface area contributed by atoms with E-state index in [1.165, 1.54) is 13.1 Å². The summed E-state index contributed by atoms with van der Waals surface area (Å²) in [5.74, 6) is -0.304. The van der Waals surface area contributed by atoms with Gasteiger partial charge >= 0.3 is 0 Å². The minimum atomic E-state index is -0.293. The molecule has 0 unspecified atom stereocenters.